The fraction of sp³-hybridized carbons (Fsp3) is 0.300. The zero-order chi connectivity index (χ0) is 19.8. The molecule has 0 aliphatic carbocycles. The zero-order valence-corrected chi connectivity index (χ0v) is 15.5. The fourth-order valence-corrected chi connectivity index (χ4v) is 2.55. The monoisotopic (exact) mass is 375 g/mol. The minimum absolute atomic E-state index is 0.121. The van der Waals surface area contributed by atoms with E-state index in [1.807, 2.05) is 0 Å². The molecule has 0 saturated heterocycles. The van der Waals surface area contributed by atoms with Gasteiger partial charge in [-0.25, -0.2) is 4.39 Å². The Labute approximate surface area is 157 Å². The molecule has 6 nitrogen and oxygen atoms in total. The van der Waals surface area contributed by atoms with Gasteiger partial charge in [0, 0.05) is 12.6 Å². The van der Waals surface area contributed by atoms with Gasteiger partial charge in [-0.15, -0.1) is 0 Å². The highest BCUT2D eigenvalue weighted by Crippen LogP contribution is 2.23. The summed E-state index contributed by atoms with van der Waals surface area (Å²) in [5.41, 5.74) is 0.970. The predicted octanol–water partition coefficient (Wildman–Crippen LogP) is 2.59. The van der Waals surface area contributed by atoms with Crippen LogP contribution in [0.4, 0.5) is 4.39 Å². The molecule has 0 aliphatic rings. The summed E-state index contributed by atoms with van der Waals surface area (Å²) in [4.78, 5) is 25.8. The second-order valence-corrected chi connectivity index (χ2v) is 5.82. The van der Waals surface area contributed by atoms with E-state index in [1.165, 1.54) is 38.4 Å². The third-order valence-electron chi connectivity index (χ3n) is 3.98. The van der Waals surface area contributed by atoms with Crippen LogP contribution in [0.2, 0.25) is 0 Å². The number of carbonyl (C=O) groups is 2. The minimum atomic E-state index is -0.563. The lowest BCUT2D eigenvalue weighted by Crippen LogP contribution is -2.36. The fourth-order valence-electron chi connectivity index (χ4n) is 2.55. The summed E-state index contributed by atoms with van der Waals surface area (Å²) < 4.78 is 29.0. The molecule has 0 heterocycles. The lowest BCUT2D eigenvalue weighted by atomic mass is 10.1. The van der Waals surface area contributed by atoms with Gasteiger partial charge in [0.15, 0.2) is 0 Å². The molecule has 0 atom stereocenters. The number of esters is 1. The second-order valence-electron chi connectivity index (χ2n) is 5.82. The number of carbonyl (C=O) groups excluding carboxylic acids is 2. The Balaban J connectivity index is 2.25. The van der Waals surface area contributed by atoms with E-state index < -0.39 is 17.7 Å². The Morgan fingerprint density at radius 3 is 2.19 bits per heavy atom. The number of methoxy groups -OCH3 is 3. The third-order valence-corrected chi connectivity index (χ3v) is 3.98. The number of ether oxygens (including phenoxy) is 3. The number of hydrogen-bond acceptors (Lipinski definition) is 5. The lowest BCUT2D eigenvalue weighted by molar-refractivity contribution is -0.147. The number of nitrogens with zero attached hydrogens (tertiary/aromatic N) is 1. The molecule has 0 saturated carbocycles. The van der Waals surface area contributed by atoms with Gasteiger partial charge in [-0.3, -0.25) is 9.59 Å². The van der Waals surface area contributed by atoms with Crippen molar-refractivity contribution in [1.29, 1.82) is 0 Å². The molecule has 0 unspecified atom stereocenters. The Morgan fingerprint density at radius 1 is 1.00 bits per heavy atom. The first kappa shape index (κ1) is 20.2. The molecule has 0 N–H and O–H groups in total. The summed E-state index contributed by atoms with van der Waals surface area (Å²) in [6.45, 7) is -0.126. The number of halogens is 1. The van der Waals surface area contributed by atoms with Crippen LogP contribution < -0.4 is 9.47 Å². The van der Waals surface area contributed by atoms with Gasteiger partial charge in [-0.05, 0) is 29.3 Å². The minimum Gasteiger partial charge on any atom is -0.497 e. The second kappa shape index (κ2) is 9.56. The van der Waals surface area contributed by atoms with E-state index in [9.17, 15) is 14.0 Å². The highest BCUT2D eigenvalue weighted by atomic mass is 19.1. The quantitative estimate of drug-likeness (QED) is 0.664. The number of amides is 1. The molecule has 0 radical (unpaired) electrons. The van der Waals surface area contributed by atoms with Gasteiger partial charge in [-0.1, -0.05) is 18.2 Å². The van der Waals surface area contributed by atoms with Crippen LogP contribution in [0.15, 0.2) is 42.5 Å². The molecule has 1 amide bonds. The highest BCUT2D eigenvalue weighted by molar-refractivity contribution is 5.83. The number of rotatable bonds is 8. The normalized spacial score (nSPS) is 10.2. The van der Waals surface area contributed by atoms with Crippen molar-refractivity contribution in [3.05, 3.63) is 59.4 Å². The lowest BCUT2D eigenvalue weighted by Gasteiger charge is -2.22. The Hall–Kier alpha value is -3.09. The van der Waals surface area contributed by atoms with Crippen LogP contribution in [0.1, 0.15) is 11.1 Å². The summed E-state index contributed by atoms with van der Waals surface area (Å²) in [5, 5.41) is 0. The van der Waals surface area contributed by atoms with Crippen LogP contribution in [0.3, 0.4) is 0 Å². The third kappa shape index (κ3) is 5.70. The largest absolute Gasteiger partial charge is 0.497 e. The van der Waals surface area contributed by atoms with Crippen LogP contribution in [-0.4, -0.2) is 44.7 Å². The summed E-state index contributed by atoms with van der Waals surface area (Å²) in [5.74, 6) is -0.307. The van der Waals surface area contributed by atoms with Crippen molar-refractivity contribution in [3.8, 4) is 11.5 Å². The van der Waals surface area contributed by atoms with E-state index in [1.54, 1.807) is 30.3 Å². The van der Waals surface area contributed by atoms with E-state index in [0.717, 1.165) is 0 Å². The molecule has 0 aliphatic heterocycles. The van der Waals surface area contributed by atoms with E-state index >= 15 is 0 Å². The molecule has 2 rings (SSSR count). The first-order valence-electron chi connectivity index (χ1n) is 8.26. The highest BCUT2D eigenvalue weighted by Gasteiger charge is 2.20. The SMILES string of the molecule is COC(=O)CN(Cc1cc(OC)cc(OC)c1)C(=O)Cc1ccccc1F. The molecule has 144 valence electrons. The molecule has 0 fully saturated rings. The van der Waals surface area contributed by atoms with Crippen LogP contribution in [0, 0.1) is 5.82 Å². The first-order valence-corrected chi connectivity index (χ1v) is 8.26. The maximum atomic E-state index is 13.9. The molecular formula is C20H22FNO5. The van der Waals surface area contributed by atoms with Crippen molar-refractivity contribution in [2.24, 2.45) is 0 Å². The maximum absolute atomic E-state index is 13.9. The Kier molecular flexibility index (Phi) is 7.16. The maximum Gasteiger partial charge on any atom is 0.325 e. The van der Waals surface area contributed by atoms with E-state index in [4.69, 9.17) is 9.47 Å². The van der Waals surface area contributed by atoms with Crippen LogP contribution in [-0.2, 0) is 27.3 Å². The molecule has 2 aromatic carbocycles. The molecule has 0 bridgehead atoms. The molecule has 2 aromatic rings. The van der Waals surface area contributed by atoms with Gasteiger partial charge >= 0.3 is 5.97 Å². The van der Waals surface area contributed by atoms with Gasteiger partial charge in [0.1, 0.15) is 23.9 Å². The van der Waals surface area contributed by atoms with Crippen molar-refractivity contribution in [3.63, 3.8) is 0 Å². The zero-order valence-electron chi connectivity index (χ0n) is 15.5. The van der Waals surface area contributed by atoms with Crippen molar-refractivity contribution in [1.82, 2.24) is 4.90 Å². The van der Waals surface area contributed by atoms with Crippen molar-refractivity contribution in [2.45, 2.75) is 13.0 Å². The molecule has 0 spiro atoms. The topological polar surface area (TPSA) is 65.1 Å². The van der Waals surface area contributed by atoms with Gasteiger partial charge in [-0.2, -0.15) is 0 Å². The van der Waals surface area contributed by atoms with Crippen LogP contribution in [0.25, 0.3) is 0 Å². The van der Waals surface area contributed by atoms with Crippen molar-refractivity contribution < 1.29 is 28.2 Å². The van der Waals surface area contributed by atoms with Gasteiger partial charge in [0.25, 0.3) is 0 Å². The molecule has 0 aromatic heterocycles. The standard InChI is InChI=1S/C20H22FNO5/c1-25-16-8-14(9-17(11-16)26-2)12-22(13-20(24)27-3)19(23)10-15-6-4-5-7-18(15)21/h4-9,11H,10,12-13H2,1-3H3. The van der Waals surface area contributed by atoms with E-state index in [-0.39, 0.29) is 25.1 Å². The smallest absolute Gasteiger partial charge is 0.325 e. The Bertz CT molecular complexity index is 786. The number of benzene rings is 2. The number of hydrogen-bond donors (Lipinski definition) is 0. The summed E-state index contributed by atoms with van der Waals surface area (Å²) in [6, 6.07) is 11.2. The van der Waals surface area contributed by atoms with Gasteiger partial charge < -0.3 is 19.1 Å². The van der Waals surface area contributed by atoms with E-state index in [0.29, 0.717) is 17.1 Å². The summed E-state index contributed by atoms with van der Waals surface area (Å²) >= 11 is 0. The van der Waals surface area contributed by atoms with Gasteiger partial charge in [0.05, 0.1) is 27.8 Å². The van der Waals surface area contributed by atoms with Crippen molar-refractivity contribution in [2.75, 3.05) is 27.9 Å². The summed E-state index contributed by atoms with van der Waals surface area (Å²) in [6.07, 6.45) is -0.162. The van der Waals surface area contributed by atoms with Crippen LogP contribution >= 0.6 is 0 Å². The van der Waals surface area contributed by atoms with E-state index in [2.05, 4.69) is 4.74 Å². The van der Waals surface area contributed by atoms with Gasteiger partial charge in [0.2, 0.25) is 5.91 Å². The average Bonchev–Trinajstić information content (AvgIpc) is 2.68. The van der Waals surface area contributed by atoms with Crippen LogP contribution in [0.5, 0.6) is 11.5 Å². The molecular weight excluding hydrogens is 353 g/mol. The predicted molar refractivity (Wildman–Crippen MR) is 97.1 cm³/mol. The average molecular weight is 375 g/mol. The van der Waals surface area contributed by atoms with Crippen molar-refractivity contribution >= 4 is 11.9 Å². The molecule has 7 heteroatoms. The molecule has 27 heavy (non-hydrogen) atoms. The Morgan fingerprint density at radius 2 is 1.63 bits per heavy atom. The first-order chi connectivity index (χ1) is 13.0. The summed E-state index contributed by atoms with van der Waals surface area (Å²) in [7, 11) is 4.29.